The molecule has 34 heavy (non-hydrogen) atoms. The standard InChI is InChI=1S/C30H34O4/c1-5-9-21-13-25(14-22(10-6-2)29(21)33-19-27-17-31-27)26-15-23(11-7-3)30(24(16-26)12-8-4)34-20-28-18-32-28/h5-8,13-16,27-28H,1-4,9-12,17-20H2/t27-,28?/m0/s1. The second kappa shape index (κ2) is 11.4. The van der Waals surface area contributed by atoms with Crippen LogP contribution < -0.4 is 9.47 Å². The van der Waals surface area contributed by atoms with Crippen LogP contribution in [0.1, 0.15) is 22.3 Å². The van der Waals surface area contributed by atoms with Crippen molar-refractivity contribution in [3.05, 3.63) is 97.1 Å². The Hall–Kier alpha value is -3.08. The summed E-state index contributed by atoms with van der Waals surface area (Å²) in [6.07, 6.45) is 11.0. The molecule has 0 aliphatic carbocycles. The lowest BCUT2D eigenvalue weighted by atomic mass is 9.92. The molecule has 1 unspecified atom stereocenters. The number of ether oxygens (including phenoxy) is 4. The van der Waals surface area contributed by atoms with E-state index in [4.69, 9.17) is 18.9 Å². The Kier molecular flexibility index (Phi) is 8.04. The molecule has 2 saturated heterocycles. The van der Waals surface area contributed by atoms with Gasteiger partial charge in [0.05, 0.1) is 13.2 Å². The second-order valence-electron chi connectivity index (χ2n) is 8.75. The zero-order valence-electron chi connectivity index (χ0n) is 19.9. The molecule has 2 aromatic carbocycles. The summed E-state index contributed by atoms with van der Waals surface area (Å²) in [6, 6.07) is 8.84. The molecule has 0 spiro atoms. The van der Waals surface area contributed by atoms with Gasteiger partial charge in [-0.1, -0.05) is 24.3 Å². The molecule has 4 heteroatoms. The summed E-state index contributed by atoms with van der Waals surface area (Å²) < 4.78 is 23.1. The van der Waals surface area contributed by atoms with Crippen LogP contribution >= 0.6 is 0 Å². The van der Waals surface area contributed by atoms with Gasteiger partial charge in [-0.25, -0.2) is 0 Å². The minimum atomic E-state index is 0.198. The fourth-order valence-electron chi connectivity index (χ4n) is 4.12. The van der Waals surface area contributed by atoms with E-state index in [0.717, 1.165) is 83.8 Å². The van der Waals surface area contributed by atoms with Crippen LogP contribution in [0, 0.1) is 0 Å². The minimum absolute atomic E-state index is 0.198. The highest BCUT2D eigenvalue weighted by molar-refractivity contribution is 5.71. The predicted octanol–water partition coefficient (Wildman–Crippen LogP) is 5.82. The average Bonchev–Trinajstić information content (AvgIpc) is 3.74. The summed E-state index contributed by atoms with van der Waals surface area (Å²) in [6.45, 7) is 18.5. The quantitative estimate of drug-likeness (QED) is 0.249. The van der Waals surface area contributed by atoms with E-state index in [1.807, 2.05) is 24.3 Å². The van der Waals surface area contributed by atoms with Crippen molar-refractivity contribution in [3.8, 4) is 22.6 Å². The molecule has 4 nitrogen and oxygen atoms in total. The predicted molar refractivity (Wildman–Crippen MR) is 138 cm³/mol. The van der Waals surface area contributed by atoms with Gasteiger partial charge in [-0.15, -0.1) is 26.3 Å². The molecular weight excluding hydrogens is 424 g/mol. The number of allylic oxidation sites excluding steroid dienone is 4. The van der Waals surface area contributed by atoms with E-state index in [1.54, 1.807) is 0 Å². The number of rotatable bonds is 15. The van der Waals surface area contributed by atoms with Crippen molar-refractivity contribution < 1.29 is 18.9 Å². The van der Waals surface area contributed by atoms with Crippen molar-refractivity contribution in [3.63, 3.8) is 0 Å². The monoisotopic (exact) mass is 458 g/mol. The lowest BCUT2D eigenvalue weighted by Crippen LogP contribution is -2.09. The van der Waals surface area contributed by atoms with E-state index < -0.39 is 0 Å². The van der Waals surface area contributed by atoms with Crippen molar-refractivity contribution in [1.82, 2.24) is 0 Å². The van der Waals surface area contributed by atoms with Crippen LogP contribution in [-0.4, -0.2) is 38.6 Å². The Morgan fingerprint density at radius 2 is 0.912 bits per heavy atom. The van der Waals surface area contributed by atoms with Crippen LogP contribution in [-0.2, 0) is 35.2 Å². The van der Waals surface area contributed by atoms with Gasteiger partial charge in [0.2, 0.25) is 0 Å². The van der Waals surface area contributed by atoms with Crippen LogP contribution in [0.4, 0.5) is 0 Å². The van der Waals surface area contributed by atoms with Crippen molar-refractivity contribution in [2.75, 3.05) is 26.4 Å². The highest BCUT2D eigenvalue weighted by Gasteiger charge is 2.26. The average molecular weight is 459 g/mol. The largest absolute Gasteiger partial charge is 0.490 e. The van der Waals surface area contributed by atoms with Gasteiger partial charge >= 0.3 is 0 Å². The Labute approximate surface area is 203 Å². The Morgan fingerprint density at radius 3 is 1.15 bits per heavy atom. The lowest BCUT2D eigenvalue weighted by molar-refractivity contribution is 0.259. The van der Waals surface area contributed by atoms with Crippen molar-refractivity contribution in [2.45, 2.75) is 37.9 Å². The van der Waals surface area contributed by atoms with Crippen LogP contribution in [0.15, 0.2) is 74.9 Å². The van der Waals surface area contributed by atoms with Crippen molar-refractivity contribution >= 4 is 0 Å². The summed E-state index contributed by atoms with van der Waals surface area (Å²) in [4.78, 5) is 0. The molecule has 2 heterocycles. The molecule has 2 aliphatic rings. The Balaban J connectivity index is 1.77. The Bertz CT molecular complexity index is 912. The van der Waals surface area contributed by atoms with E-state index in [-0.39, 0.29) is 12.2 Å². The van der Waals surface area contributed by atoms with E-state index in [0.29, 0.717) is 13.2 Å². The highest BCUT2D eigenvalue weighted by atomic mass is 16.6. The fraction of sp³-hybridized carbons (Fsp3) is 0.333. The molecule has 2 aromatic rings. The molecule has 2 aliphatic heterocycles. The summed E-state index contributed by atoms with van der Waals surface area (Å²) in [5.74, 6) is 1.84. The first-order chi connectivity index (χ1) is 16.7. The van der Waals surface area contributed by atoms with Crippen molar-refractivity contribution in [2.24, 2.45) is 0 Å². The Morgan fingerprint density at radius 1 is 0.618 bits per heavy atom. The third-order valence-corrected chi connectivity index (χ3v) is 5.91. The molecule has 178 valence electrons. The third-order valence-electron chi connectivity index (χ3n) is 5.91. The van der Waals surface area contributed by atoms with E-state index in [9.17, 15) is 0 Å². The number of hydrogen-bond acceptors (Lipinski definition) is 4. The second-order valence-corrected chi connectivity index (χ2v) is 8.75. The van der Waals surface area contributed by atoms with E-state index in [1.165, 1.54) is 0 Å². The number of hydrogen-bond donors (Lipinski definition) is 0. The minimum Gasteiger partial charge on any atom is -0.490 e. The number of benzene rings is 2. The number of epoxide rings is 2. The van der Waals surface area contributed by atoms with Crippen molar-refractivity contribution in [1.29, 1.82) is 0 Å². The molecule has 0 N–H and O–H groups in total. The zero-order chi connectivity index (χ0) is 23.9. The van der Waals surface area contributed by atoms with Gasteiger partial charge in [0, 0.05) is 0 Å². The van der Waals surface area contributed by atoms with Gasteiger partial charge in [-0.2, -0.15) is 0 Å². The summed E-state index contributed by atoms with van der Waals surface area (Å²) in [5, 5.41) is 0. The molecule has 2 fully saturated rings. The molecule has 0 bridgehead atoms. The van der Waals surface area contributed by atoms with E-state index in [2.05, 4.69) is 50.6 Å². The summed E-state index contributed by atoms with van der Waals surface area (Å²) in [5.41, 5.74) is 6.74. The molecule has 2 atom stereocenters. The molecular formula is C30H34O4. The fourth-order valence-corrected chi connectivity index (χ4v) is 4.12. The summed E-state index contributed by atoms with van der Waals surface area (Å²) in [7, 11) is 0. The lowest BCUT2D eigenvalue weighted by Gasteiger charge is -2.19. The normalized spacial score (nSPS) is 18.1. The molecule has 0 saturated carbocycles. The first kappa shape index (κ1) is 24.1. The third kappa shape index (κ3) is 6.07. The van der Waals surface area contributed by atoms with Crippen LogP contribution in [0.3, 0.4) is 0 Å². The van der Waals surface area contributed by atoms with E-state index >= 15 is 0 Å². The molecule has 4 rings (SSSR count). The van der Waals surface area contributed by atoms with Gasteiger partial charge < -0.3 is 18.9 Å². The molecule has 0 aromatic heterocycles. The van der Waals surface area contributed by atoms with Gasteiger partial charge in [-0.05, 0) is 83.3 Å². The summed E-state index contributed by atoms with van der Waals surface area (Å²) >= 11 is 0. The topological polar surface area (TPSA) is 43.5 Å². The maximum atomic E-state index is 6.21. The van der Waals surface area contributed by atoms with Gasteiger partial charge in [0.25, 0.3) is 0 Å². The van der Waals surface area contributed by atoms with Gasteiger partial charge in [0.1, 0.15) is 36.9 Å². The van der Waals surface area contributed by atoms with Gasteiger partial charge in [0.15, 0.2) is 0 Å². The molecule has 0 radical (unpaired) electrons. The maximum Gasteiger partial charge on any atom is 0.126 e. The van der Waals surface area contributed by atoms with Crippen LogP contribution in [0.25, 0.3) is 11.1 Å². The van der Waals surface area contributed by atoms with Crippen LogP contribution in [0.5, 0.6) is 11.5 Å². The van der Waals surface area contributed by atoms with Gasteiger partial charge in [-0.3, -0.25) is 0 Å². The first-order valence-electron chi connectivity index (χ1n) is 11.9. The SMILES string of the molecule is C=CCc1cc(-c2cc(CC=C)c(OC[C@@H]3CO3)c(CC=C)c2)cc(CC=C)c1OCC1CO1. The molecule has 0 amide bonds. The zero-order valence-corrected chi connectivity index (χ0v) is 19.9. The van der Waals surface area contributed by atoms with Crippen LogP contribution in [0.2, 0.25) is 0 Å². The first-order valence-corrected chi connectivity index (χ1v) is 11.9. The maximum absolute atomic E-state index is 6.21. The highest BCUT2D eigenvalue weighted by Crippen LogP contribution is 2.37. The smallest absolute Gasteiger partial charge is 0.126 e.